The SMILES string of the molecule is C.C.CN1CCN(Cc2ccc(C(=O)Nc3ccc([18F])c(Cc4nccc(-c5cccnc5)n4)c3)cc2[18F])CC1.Cc1ccc(NC(=O)c2ccc(CN3CCN(C)CC3)c([18F])c2)cc1Cc1nccc(-c2cccnc2)n1. The van der Waals surface area contributed by atoms with Crippen LogP contribution in [0.25, 0.3) is 22.5 Å². The van der Waals surface area contributed by atoms with Gasteiger partial charge in [-0.15, -0.1) is 0 Å². The van der Waals surface area contributed by atoms with Gasteiger partial charge >= 0.3 is 0 Å². The standard InChI is InChI=1S/C30H31FN6O.C29H28F2N6O.2CH4/c1-21-5-8-26(16-25(21)18-29-33-11-9-28(35-29)23-4-3-10-32-19-23)34-30(38)22-6-7-24(27(31)17-22)20-37-14-12-36(2)13-15-37;1-36-11-13-37(14-12-36)19-22-5-4-20(16-26(22)31)29(38)34-24-6-7-25(30)23(15-24)17-28-33-10-8-27(35-28)21-3-2-9-32-18-21;;/h3-11,16-17,19H,12-15,18,20H2,1-2H3,(H,34,38);2-10,15-16,18H,11-14,17,19H2,1H3,(H,34,38);2*1H4/i31-1;30-1,31-1;;. The lowest BCUT2D eigenvalue weighted by molar-refractivity contribution is 0.101. The number of nitrogens with one attached hydrogen (secondary N) is 2. The van der Waals surface area contributed by atoms with Crippen LogP contribution in [0.1, 0.15) is 75.0 Å². The minimum atomic E-state index is -0.470. The number of halogens is 3. The summed E-state index contributed by atoms with van der Waals surface area (Å²) >= 11 is 0. The fourth-order valence-electron chi connectivity index (χ4n) is 8.92. The van der Waals surface area contributed by atoms with Gasteiger partial charge in [0.1, 0.15) is 29.1 Å². The Morgan fingerprint density at radius 1 is 0.500 bits per heavy atom. The van der Waals surface area contributed by atoms with E-state index in [1.54, 1.807) is 73.6 Å². The maximum Gasteiger partial charge on any atom is 0.255 e. The summed E-state index contributed by atoms with van der Waals surface area (Å²) in [5, 5.41) is 5.66. The number of amides is 2. The van der Waals surface area contributed by atoms with Crippen LogP contribution in [0.2, 0.25) is 0 Å². The minimum absolute atomic E-state index is 0. The lowest BCUT2D eigenvalue weighted by atomic mass is 10.0. The van der Waals surface area contributed by atoms with Crippen molar-refractivity contribution in [1.82, 2.24) is 49.5 Å². The molecule has 2 fully saturated rings. The molecule has 6 heterocycles. The number of likely N-dealkylation sites (N-methyl/N-ethyl adjacent to an activating group) is 2. The van der Waals surface area contributed by atoms with Crippen LogP contribution in [0, 0.1) is 24.4 Å². The number of anilines is 2. The van der Waals surface area contributed by atoms with Crippen molar-refractivity contribution in [2.24, 2.45) is 0 Å². The van der Waals surface area contributed by atoms with E-state index in [0.717, 1.165) is 80.3 Å². The van der Waals surface area contributed by atoms with Crippen LogP contribution >= 0.6 is 0 Å². The fourth-order valence-corrected chi connectivity index (χ4v) is 8.92. The molecule has 2 aliphatic rings. The number of nitrogens with zero attached hydrogens (tertiary/aromatic N) is 10. The molecule has 0 saturated carbocycles. The predicted molar refractivity (Wildman–Crippen MR) is 301 cm³/mol. The number of pyridine rings is 2. The van der Waals surface area contributed by atoms with Crippen molar-refractivity contribution in [2.45, 2.75) is 47.7 Å². The quantitative estimate of drug-likeness (QED) is 0.107. The Kier molecular flexibility index (Phi) is 20.2. The van der Waals surface area contributed by atoms with Gasteiger partial charge in [0.25, 0.3) is 11.8 Å². The summed E-state index contributed by atoms with van der Waals surface area (Å²) in [5.41, 5.74) is 8.35. The van der Waals surface area contributed by atoms with Crippen molar-refractivity contribution < 1.29 is 22.8 Å². The van der Waals surface area contributed by atoms with Gasteiger partial charge in [0.05, 0.1) is 11.4 Å². The van der Waals surface area contributed by atoms with E-state index in [-0.39, 0.29) is 38.6 Å². The number of piperazine rings is 2. The van der Waals surface area contributed by atoms with Gasteiger partial charge in [-0.25, -0.2) is 33.1 Å². The molecule has 4 aromatic carbocycles. The molecule has 8 aromatic rings. The average Bonchev–Trinajstić information content (AvgIpc) is 3.44. The molecule has 4 aromatic heterocycles. The molecule has 2 saturated heterocycles. The van der Waals surface area contributed by atoms with E-state index in [2.05, 4.69) is 69.2 Å². The molecule has 2 N–H and O–H groups in total. The number of aryl methyl sites for hydroxylation is 1. The highest BCUT2D eigenvalue weighted by Crippen LogP contribution is 2.24. The molecular formula is C61H67F3N12O2. The lowest BCUT2D eigenvalue weighted by Gasteiger charge is -2.32. The van der Waals surface area contributed by atoms with E-state index >= 15 is 0 Å². The summed E-state index contributed by atoms with van der Waals surface area (Å²) in [5.74, 6) is -0.906. The van der Waals surface area contributed by atoms with Gasteiger partial charge in [-0.2, -0.15) is 0 Å². The molecule has 0 spiro atoms. The molecule has 0 unspecified atom stereocenters. The third-order valence-corrected chi connectivity index (χ3v) is 13.5. The van der Waals surface area contributed by atoms with Crippen LogP contribution in [0.4, 0.5) is 24.5 Å². The molecule has 0 bridgehead atoms. The van der Waals surface area contributed by atoms with Crippen LogP contribution in [-0.2, 0) is 25.9 Å². The van der Waals surface area contributed by atoms with Gasteiger partial charge < -0.3 is 20.4 Å². The van der Waals surface area contributed by atoms with E-state index in [9.17, 15) is 22.8 Å². The molecule has 2 aliphatic heterocycles. The number of carbonyl (C=O) groups excluding carboxylic acids is 2. The molecule has 0 atom stereocenters. The fraction of sp³-hybridized carbons (Fsp3) is 0.279. The number of rotatable bonds is 14. The second-order valence-electron chi connectivity index (χ2n) is 19.2. The van der Waals surface area contributed by atoms with Crippen LogP contribution in [0.15, 0.2) is 146 Å². The first-order valence-electron chi connectivity index (χ1n) is 25.2. The number of carbonyl (C=O) groups is 2. The smallest absolute Gasteiger partial charge is 0.255 e. The maximum absolute atomic E-state index is 14.9. The Bertz CT molecular complexity index is 3060. The highest BCUT2D eigenvalue weighted by molar-refractivity contribution is 6.05. The van der Waals surface area contributed by atoms with Crippen molar-refractivity contribution in [3.63, 3.8) is 0 Å². The Labute approximate surface area is 455 Å². The molecule has 404 valence electrons. The van der Waals surface area contributed by atoms with E-state index in [1.807, 2.05) is 55.5 Å². The van der Waals surface area contributed by atoms with Gasteiger partial charge in [0, 0.05) is 160 Å². The third-order valence-electron chi connectivity index (χ3n) is 13.5. The van der Waals surface area contributed by atoms with Gasteiger partial charge in [0.2, 0.25) is 0 Å². The molecule has 0 radical (unpaired) electrons. The average molecular weight is 1050 g/mol. The van der Waals surface area contributed by atoms with Gasteiger partial charge in [-0.3, -0.25) is 29.4 Å². The number of benzene rings is 4. The summed E-state index contributed by atoms with van der Waals surface area (Å²) < 4.78 is 44.3. The van der Waals surface area contributed by atoms with Crippen molar-refractivity contribution in [3.8, 4) is 22.5 Å². The number of hydrogen-bond donors (Lipinski definition) is 2. The molecule has 17 heteroatoms. The summed E-state index contributed by atoms with van der Waals surface area (Å²) in [6.45, 7) is 10.5. The Morgan fingerprint density at radius 2 is 0.949 bits per heavy atom. The zero-order valence-electron chi connectivity index (χ0n) is 42.8. The van der Waals surface area contributed by atoms with Crippen molar-refractivity contribution in [1.29, 1.82) is 0 Å². The van der Waals surface area contributed by atoms with E-state index in [1.165, 1.54) is 24.3 Å². The zero-order chi connectivity index (χ0) is 53.0. The monoisotopic (exact) mass is 1050 g/mol. The van der Waals surface area contributed by atoms with Crippen LogP contribution in [-0.4, -0.2) is 128 Å². The first kappa shape index (κ1) is 57.6. The van der Waals surface area contributed by atoms with E-state index < -0.39 is 17.5 Å². The lowest BCUT2D eigenvalue weighted by Crippen LogP contribution is -2.44. The molecule has 10 rings (SSSR count). The number of aromatic nitrogens is 6. The van der Waals surface area contributed by atoms with Crippen molar-refractivity contribution in [2.75, 3.05) is 77.1 Å². The highest BCUT2D eigenvalue weighted by Gasteiger charge is 2.20. The van der Waals surface area contributed by atoms with Gasteiger partial charge in [-0.05, 0) is 129 Å². The Morgan fingerprint density at radius 3 is 1.40 bits per heavy atom. The Hall–Kier alpha value is -8.09. The van der Waals surface area contributed by atoms with Crippen LogP contribution < -0.4 is 10.6 Å². The molecule has 78 heavy (non-hydrogen) atoms. The Balaban J connectivity index is 0.000000220. The summed E-state index contributed by atoms with van der Waals surface area (Å²) in [4.78, 5) is 60.9. The largest absolute Gasteiger partial charge is 0.322 e. The summed E-state index contributed by atoms with van der Waals surface area (Å²) in [6.07, 6.45) is 10.9. The maximum atomic E-state index is 14.9. The molecule has 0 aliphatic carbocycles. The van der Waals surface area contributed by atoms with Gasteiger partial charge in [0.15, 0.2) is 0 Å². The second-order valence-corrected chi connectivity index (χ2v) is 19.2. The summed E-state index contributed by atoms with van der Waals surface area (Å²) in [7, 11) is 4.17. The summed E-state index contributed by atoms with van der Waals surface area (Å²) in [6, 6.07) is 30.5. The van der Waals surface area contributed by atoms with Gasteiger partial charge in [-0.1, -0.05) is 33.1 Å². The molecular weight excluding hydrogens is 987 g/mol. The number of hydrogen-bond acceptors (Lipinski definition) is 12. The minimum Gasteiger partial charge on any atom is -0.322 e. The van der Waals surface area contributed by atoms with Crippen molar-refractivity contribution in [3.05, 3.63) is 214 Å². The van der Waals surface area contributed by atoms with Crippen LogP contribution in [0.3, 0.4) is 0 Å². The topological polar surface area (TPSA) is 148 Å². The van der Waals surface area contributed by atoms with Crippen LogP contribution in [0.5, 0.6) is 0 Å². The zero-order valence-corrected chi connectivity index (χ0v) is 42.8. The molecule has 14 nitrogen and oxygen atoms in total. The normalized spacial score (nSPS) is 14.0. The first-order valence-corrected chi connectivity index (χ1v) is 25.2. The van der Waals surface area contributed by atoms with E-state index in [4.69, 9.17) is 4.98 Å². The third kappa shape index (κ3) is 15.5. The second kappa shape index (κ2) is 27.3. The first-order chi connectivity index (χ1) is 36.9. The molecule has 2 amide bonds. The predicted octanol–water partition coefficient (Wildman–Crippen LogP) is 10.3. The van der Waals surface area contributed by atoms with Crippen molar-refractivity contribution >= 4 is 23.2 Å². The van der Waals surface area contributed by atoms with E-state index in [0.29, 0.717) is 70.5 Å². The highest BCUT2D eigenvalue weighted by atomic mass is 18.2.